The van der Waals surface area contributed by atoms with Crippen molar-refractivity contribution in [1.82, 2.24) is 20.4 Å². The molecule has 3 aliphatic heterocycles. The smallest absolute Gasteiger partial charge is 0.220 e. The first-order valence-electron chi connectivity index (χ1n) is 9.71. The van der Waals surface area contributed by atoms with Crippen LogP contribution in [0.4, 0.5) is 0 Å². The molecule has 3 saturated heterocycles. The molecular formula is C18H33N5O2. The molecule has 0 spiro atoms. The van der Waals surface area contributed by atoms with Gasteiger partial charge in [-0.3, -0.25) is 14.7 Å². The number of rotatable bonds is 4. The van der Waals surface area contributed by atoms with E-state index in [1.165, 1.54) is 19.4 Å². The Morgan fingerprint density at radius 1 is 1.24 bits per heavy atom. The third-order valence-corrected chi connectivity index (χ3v) is 5.83. The van der Waals surface area contributed by atoms with E-state index in [9.17, 15) is 4.79 Å². The van der Waals surface area contributed by atoms with Crippen molar-refractivity contribution in [2.45, 2.75) is 44.2 Å². The summed E-state index contributed by atoms with van der Waals surface area (Å²) in [6, 6.07) is 0.648. The van der Waals surface area contributed by atoms with E-state index in [4.69, 9.17) is 4.74 Å². The summed E-state index contributed by atoms with van der Waals surface area (Å²) in [5, 5.41) is 6.22. The minimum Gasteiger partial charge on any atom is -0.373 e. The summed E-state index contributed by atoms with van der Waals surface area (Å²) in [4.78, 5) is 20.9. The quantitative estimate of drug-likeness (QED) is 0.562. The summed E-state index contributed by atoms with van der Waals surface area (Å²) in [7, 11) is 3.55. The van der Waals surface area contributed by atoms with E-state index in [1.807, 2.05) is 7.05 Å². The topological polar surface area (TPSA) is 69.2 Å². The lowest BCUT2D eigenvalue weighted by molar-refractivity contribution is -0.121. The summed E-state index contributed by atoms with van der Waals surface area (Å²) in [5.41, 5.74) is 0. The molecule has 25 heavy (non-hydrogen) atoms. The Bertz CT molecular complexity index is 476. The normalized spacial score (nSPS) is 28.7. The number of hydrogen-bond acceptors (Lipinski definition) is 4. The fourth-order valence-electron chi connectivity index (χ4n) is 4.26. The maximum absolute atomic E-state index is 11.5. The van der Waals surface area contributed by atoms with Crippen LogP contribution in [0.1, 0.15) is 32.1 Å². The third-order valence-electron chi connectivity index (χ3n) is 5.83. The molecule has 3 heterocycles. The van der Waals surface area contributed by atoms with Gasteiger partial charge in [0.25, 0.3) is 0 Å². The van der Waals surface area contributed by atoms with Crippen molar-refractivity contribution in [3.63, 3.8) is 0 Å². The van der Waals surface area contributed by atoms with Gasteiger partial charge in [-0.15, -0.1) is 0 Å². The van der Waals surface area contributed by atoms with Crippen LogP contribution in [0, 0.1) is 5.92 Å². The molecule has 1 amide bonds. The fraction of sp³-hybridized carbons (Fsp3) is 0.889. The number of fused-ring (bicyclic) bond motifs is 1. The highest BCUT2D eigenvalue weighted by atomic mass is 16.5. The largest absolute Gasteiger partial charge is 0.373 e. The number of hydrogen-bond donors (Lipinski definition) is 2. The van der Waals surface area contributed by atoms with Gasteiger partial charge in [-0.1, -0.05) is 0 Å². The number of carbonyl (C=O) groups is 1. The molecule has 0 aromatic carbocycles. The van der Waals surface area contributed by atoms with E-state index >= 15 is 0 Å². The number of carbonyl (C=O) groups excluding carboxylic acids is 1. The van der Waals surface area contributed by atoms with Crippen LogP contribution in [-0.4, -0.2) is 87.2 Å². The van der Waals surface area contributed by atoms with E-state index < -0.39 is 0 Å². The lowest BCUT2D eigenvalue weighted by Crippen LogP contribution is -2.52. The monoisotopic (exact) mass is 351 g/mol. The molecule has 3 aliphatic rings. The predicted octanol–water partition coefficient (Wildman–Crippen LogP) is 0.273. The van der Waals surface area contributed by atoms with Gasteiger partial charge in [0.05, 0.1) is 12.7 Å². The molecule has 142 valence electrons. The summed E-state index contributed by atoms with van der Waals surface area (Å²) < 4.78 is 6.03. The molecule has 0 radical (unpaired) electrons. The highest BCUT2D eigenvalue weighted by Crippen LogP contribution is 2.23. The van der Waals surface area contributed by atoms with Crippen LogP contribution in [0.5, 0.6) is 0 Å². The first-order valence-corrected chi connectivity index (χ1v) is 9.71. The average Bonchev–Trinajstić information content (AvgIpc) is 3.11. The van der Waals surface area contributed by atoms with Crippen molar-refractivity contribution in [3.05, 3.63) is 0 Å². The minimum absolute atomic E-state index is 0.149. The molecular weight excluding hydrogens is 318 g/mol. The fourth-order valence-corrected chi connectivity index (χ4v) is 4.26. The Balaban J connectivity index is 1.40. The van der Waals surface area contributed by atoms with Crippen molar-refractivity contribution in [3.8, 4) is 0 Å². The second-order valence-electron chi connectivity index (χ2n) is 7.48. The number of guanidine groups is 1. The maximum atomic E-state index is 11.5. The van der Waals surface area contributed by atoms with Gasteiger partial charge < -0.3 is 20.3 Å². The molecule has 2 N–H and O–H groups in total. The van der Waals surface area contributed by atoms with Crippen LogP contribution in [0.2, 0.25) is 0 Å². The number of piperidine rings is 1. The van der Waals surface area contributed by atoms with Crippen LogP contribution in [0.3, 0.4) is 0 Å². The summed E-state index contributed by atoms with van der Waals surface area (Å²) in [5.74, 6) is 1.60. The lowest BCUT2D eigenvalue weighted by Gasteiger charge is -2.37. The summed E-state index contributed by atoms with van der Waals surface area (Å²) >= 11 is 0. The number of morpholine rings is 1. The molecule has 0 aromatic rings. The van der Waals surface area contributed by atoms with Gasteiger partial charge in [0.1, 0.15) is 0 Å². The highest BCUT2D eigenvalue weighted by Gasteiger charge is 2.32. The van der Waals surface area contributed by atoms with Crippen molar-refractivity contribution < 1.29 is 9.53 Å². The van der Waals surface area contributed by atoms with Gasteiger partial charge in [0.15, 0.2) is 5.96 Å². The second kappa shape index (κ2) is 8.85. The van der Waals surface area contributed by atoms with Crippen LogP contribution < -0.4 is 10.6 Å². The molecule has 7 heteroatoms. The zero-order chi connectivity index (χ0) is 17.6. The maximum Gasteiger partial charge on any atom is 0.220 e. The highest BCUT2D eigenvalue weighted by molar-refractivity contribution is 5.80. The van der Waals surface area contributed by atoms with E-state index in [1.54, 1.807) is 7.05 Å². The lowest BCUT2D eigenvalue weighted by atomic mass is 9.93. The number of aliphatic imine (C=N–C) groups is 1. The van der Waals surface area contributed by atoms with E-state index in [0.717, 1.165) is 51.6 Å². The van der Waals surface area contributed by atoms with Gasteiger partial charge in [-0.25, -0.2) is 0 Å². The van der Waals surface area contributed by atoms with E-state index in [-0.39, 0.29) is 12.0 Å². The molecule has 2 unspecified atom stereocenters. The van der Waals surface area contributed by atoms with E-state index in [2.05, 4.69) is 25.4 Å². The van der Waals surface area contributed by atoms with Gasteiger partial charge in [0, 0.05) is 52.7 Å². The van der Waals surface area contributed by atoms with Gasteiger partial charge in [-0.05, 0) is 38.1 Å². The number of amides is 1. The van der Waals surface area contributed by atoms with Crippen LogP contribution in [0.15, 0.2) is 4.99 Å². The molecule has 7 nitrogen and oxygen atoms in total. The minimum atomic E-state index is 0.149. The van der Waals surface area contributed by atoms with Gasteiger partial charge in [-0.2, -0.15) is 0 Å². The van der Waals surface area contributed by atoms with E-state index in [0.29, 0.717) is 18.4 Å². The van der Waals surface area contributed by atoms with Crippen LogP contribution in [-0.2, 0) is 9.53 Å². The average molecular weight is 351 g/mol. The zero-order valence-electron chi connectivity index (χ0n) is 15.7. The zero-order valence-corrected chi connectivity index (χ0v) is 15.7. The summed E-state index contributed by atoms with van der Waals surface area (Å²) in [6.45, 7) is 5.85. The van der Waals surface area contributed by atoms with Crippen molar-refractivity contribution >= 4 is 11.9 Å². The van der Waals surface area contributed by atoms with Gasteiger partial charge in [0.2, 0.25) is 5.91 Å². The Morgan fingerprint density at radius 3 is 2.76 bits per heavy atom. The molecule has 0 saturated carbocycles. The van der Waals surface area contributed by atoms with Gasteiger partial charge >= 0.3 is 0 Å². The first-order chi connectivity index (χ1) is 12.2. The Morgan fingerprint density at radius 2 is 2.04 bits per heavy atom. The number of nitrogens with zero attached hydrogens (tertiary/aromatic N) is 3. The number of likely N-dealkylation sites (tertiary alicyclic amines) is 1. The predicted molar refractivity (Wildman–Crippen MR) is 98.7 cm³/mol. The molecule has 3 rings (SSSR count). The SMILES string of the molecule is CN=C(NCC1CN2CCCC2CO1)N1CCC(CC(=O)NC)CC1. The standard InChI is InChI=1S/C18H33N5O2/c1-19-17(24)10-14-5-8-22(9-6-14)18(20-2)21-11-16-12-23-7-3-4-15(23)13-25-16/h14-16H,3-13H2,1-2H3,(H,19,24)(H,20,21). The molecule has 0 aliphatic carbocycles. The molecule has 2 atom stereocenters. The third kappa shape index (κ3) is 4.85. The second-order valence-corrected chi connectivity index (χ2v) is 7.48. The number of ether oxygens (including phenoxy) is 1. The Kier molecular flexibility index (Phi) is 6.53. The Labute approximate surface area is 151 Å². The Hall–Kier alpha value is -1.34. The molecule has 3 fully saturated rings. The molecule has 0 bridgehead atoms. The van der Waals surface area contributed by atoms with Crippen molar-refractivity contribution in [1.29, 1.82) is 0 Å². The van der Waals surface area contributed by atoms with Crippen molar-refractivity contribution in [2.75, 3.05) is 53.4 Å². The first kappa shape index (κ1) is 18.5. The number of nitrogens with one attached hydrogen (secondary N) is 2. The van der Waals surface area contributed by atoms with Crippen LogP contribution >= 0.6 is 0 Å². The van der Waals surface area contributed by atoms with Crippen LogP contribution in [0.25, 0.3) is 0 Å². The molecule has 0 aromatic heterocycles. The summed E-state index contributed by atoms with van der Waals surface area (Å²) in [6.07, 6.45) is 5.57. The van der Waals surface area contributed by atoms with Crippen molar-refractivity contribution in [2.24, 2.45) is 10.9 Å².